The number of ether oxygens (including phenoxy) is 2. The normalized spacial score (nSPS) is 15.9. The third-order valence-corrected chi connectivity index (χ3v) is 5.58. The molecule has 0 radical (unpaired) electrons. The smallest absolute Gasteiger partial charge is 0.257 e. The molecule has 1 atom stereocenters. The third-order valence-electron chi connectivity index (χ3n) is 5.58. The van der Waals surface area contributed by atoms with Gasteiger partial charge in [0.1, 0.15) is 17.7 Å². The van der Waals surface area contributed by atoms with Crippen LogP contribution in [0, 0.1) is 13.8 Å². The van der Waals surface area contributed by atoms with Gasteiger partial charge in [-0.2, -0.15) is 0 Å². The minimum atomic E-state index is -0.405. The number of aromatic nitrogens is 4. The number of nitrogens with zero attached hydrogens (tertiary/aromatic N) is 6. The van der Waals surface area contributed by atoms with Gasteiger partial charge < -0.3 is 19.3 Å². The Hall–Kier alpha value is -3.59. The highest BCUT2D eigenvalue weighted by Crippen LogP contribution is 2.33. The number of methoxy groups -OCH3 is 1. The number of carbonyl (C=O) groups excluding carboxylic acids is 1. The number of morpholine rings is 1. The van der Waals surface area contributed by atoms with Crippen molar-refractivity contribution >= 4 is 11.9 Å². The first-order valence-corrected chi connectivity index (χ1v) is 10.8. The molecule has 33 heavy (non-hydrogen) atoms. The predicted molar refractivity (Wildman–Crippen MR) is 124 cm³/mol. The van der Waals surface area contributed by atoms with Crippen LogP contribution in [0.1, 0.15) is 33.7 Å². The van der Waals surface area contributed by atoms with Crippen LogP contribution >= 0.6 is 0 Å². The molecule has 172 valence electrons. The first-order valence-electron chi connectivity index (χ1n) is 10.8. The topological polar surface area (TPSA) is 93.6 Å². The number of benzene rings is 1. The van der Waals surface area contributed by atoms with Gasteiger partial charge in [0.25, 0.3) is 5.91 Å². The number of amides is 1. The maximum Gasteiger partial charge on any atom is 0.257 e. The van der Waals surface area contributed by atoms with Crippen LogP contribution in [0.5, 0.6) is 5.75 Å². The van der Waals surface area contributed by atoms with Gasteiger partial charge in [0.15, 0.2) is 0 Å². The monoisotopic (exact) mass is 448 g/mol. The molecule has 2 aromatic heterocycles. The third kappa shape index (κ3) is 4.78. The number of carbonyl (C=O) groups is 1. The summed E-state index contributed by atoms with van der Waals surface area (Å²) in [6, 6.07) is 7.74. The van der Waals surface area contributed by atoms with Crippen LogP contribution in [0.4, 0.5) is 5.95 Å². The maximum atomic E-state index is 13.3. The Balaban J connectivity index is 1.69. The summed E-state index contributed by atoms with van der Waals surface area (Å²) in [5.41, 5.74) is 3.67. The highest BCUT2D eigenvalue weighted by molar-refractivity contribution is 5.95. The van der Waals surface area contributed by atoms with Crippen molar-refractivity contribution in [3.63, 3.8) is 0 Å². The van der Waals surface area contributed by atoms with Crippen molar-refractivity contribution in [2.75, 3.05) is 45.8 Å². The summed E-state index contributed by atoms with van der Waals surface area (Å²) in [6.07, 6.45) is 2.99. The summed E-state index contributed by atoms with van der Waals surface area (Å²) in [5.74, 6) is 1.85. The summed E-state index contributed by atoms with van der Waals surface area (Å²) in [5, 5.41) is 0. The van der Waals surface area contributed by atoms with Gasteiger partial charge in [-0.3, -0.25) is 4.79 Å². The summed E-state index contributed by atoms with van der Waals surface area (Å²) in [7, 11) is 5.42. The minimum absolute atomic E-state index is 0.106. The van der Waals surface area contributed by atoms with Crippen LogP contribution in [0.3, 0.4) is 0 Å². The van der Waals surface area contributed by atoms with E-state index in [1.807, 2.05) is 57.1 Å². The molecule has 0 saturated carbocycles. The molecule has 9 heteroatoms. The maximum absolute atomic E-state index is 13.3. The van der Waals surface area contributed by atoms with Gasteiger partial charge in [0, 0.05) is 38.6 Å². The highest BCUT2D eigenvalue weighted by atomic mass is 16.5. The van der Waals surface area contributed by atoms with Gasteiger partial charge in [-0.05, 0) is 31.5 Å². The Morgan fingerprint density at radius 2 is 2.00 bits per heavy atom. The molecule has 1 saturated heterocycles. The second-order valence-corrected chi connectivity index (χ2v) is 8.12. The molecule has 1 fully saturated rings. The van der Waals surface area contributed by atoms with E-state index in [-0.39, 0.29) is 5.91 Å². The standard InChI is InChI=1S/C24H28N6O3/c1-15-19(12-25-16(2)27-15)23(31)30-9-10-33-21(14-30)22-20(13-26-24(28-22)29(3)4)17-7-6-8-18(11-17)32-5/h6-8,11-13,21H,9-10,14H2,1-5H3. The average Bonchev–Trinajstić information content (AvgIpc) is 2.83. The van der Waals surface area contributed by atoms with Gasteiger partial charge in [-0.25, -0.2) is 19.9 Å². The molecule has 1 aromatic carbocycles. The zero-order chi connectivity index (χ0) is 23.5. The van der Waals surface area contributed by atoms with Crippen molar-refractivity contribution in [1.29, 1.82) is 0 Å². The SMILES string of the molecule is COc1cccc(-c2cnc(N(C)C)nc2C2CN(C(=O)c3cnc(C)nc3C)CCO2)c1. The van der Waals surface area contributed by atoms with Crippen molar-refractivity contribution in [1.82, 2.24) is 24.8 Å². The summed E-state index contributed by atoms with van der Waals surface area (Å²) < 4.78 is 11.5. The van der Waals surface area contributed by atoms with Crippen LogP contribution < -0.4 is 9.64 Å². The molecule has 1 unspecified atom stereocenters. The number of aryl methyl sites for hydroxylation is 2. The van der Waals surface area contributed by atoms with Crippen LogP contribution in [0.15, 0.2) is 36.7 Å². The van der Waals surface area contributed by atoms with Gasteiger partial charge >= 0.3 is 0 Å². The van der Waals surface area contributed by atoms with E-state index in [9.17, 15) is 4.79 Å². The Morgan fingerprint density at radius 3 is 2.73 bits per heavy atom. The van der Waals surface area contributed by atoms with Crippen molar-refractivity contribution in [3.05, 3.63) is 59.4 Å². The van der Waals surface area contributed by atoms with E-state index in [0.717, 1.165) is 22.6 Å². The second-order valence-electron chi connectivity index (χ2n) is 8.12. The zero-order valence-corrected chi connectivity index (χ0v) is 19.6. The van der Waals surface area contributed by atoms with E-state index in [0.29, 0.717) is 42.7 Å². The molecule has 9 nitrogen and oxygen atoms in total. The van der Waals surface area contributed by atoms with E-state index in [4.69, 9.17) is 14.5 Å². The number of hydrogen-bond acceptors (Lipinski definition) is 8. The Morgan fingerprint density at radius 1 is 1.18 bits per heavy atom. The lowest BCUT2D eigenvalue weighted by Crippen LogP contribution is -2.43. The lowest BCUT2D eigenvalue weighted by Gasteiger charge is -2.33. The van der Waals surface area contributed by atoms with Gasteiger partial charge in [0.05, 0.1) is 37.2 Å². The average molecular weight is 449 g/mol. The Labute approximate surface area is 193 Å². The molecular formula is C24H28N6O3. The molecule has 0 spiro atoms. The van der Waals surface area contributed by atoms with Gasteiger partial charge in [0.2, 0.25) is 5.95 Å². The number of anilines is 1. The first kappa shape index (κ1) is 22.6. The minimum Gasteiger partial charge on any atom is -0.497 e. The molecule has 0 N–H and O–H groups in total. The molecule has 3 aromatic rings. The summed E-state index contributed by atoms with van der Waals surface area (Å²) in [4.78, 5) is 34.7. The van der Waals surface area contributed by atoms with Crippen LogP contribution in [-0.4, -0.2) is 71.6 Å². The van der Waals surface area contributed by atoms with E-state index in [2.05, 4.69) is 15.0 Å². The number of hydrogen-bond donors (Lipinski definition) is 0. The van der Waals surface area contributed by atoms with Crippen molar-refractivity contribution in [3.8, 4) is 16.9 Å². The van der Waals surface area contributed by atoms with Crippen LogP contribution in [-0.2, 0) is 4.74 Å². The largest absolute Gasteiger partial charge is 0.497 e. The highest BCUT2D eigenvalue weighted by Gasteiger charge is 2.30. The van der Waals surface area contributed by atoms with Crippen molar-refractivity contribution in [2.24, 2.45) is 0 Å². The number of rotatable bonds is 5. The zero-order valence-electron chi connectivity index (χ0n) is 19.6. The summed E-state index contributed by atoms with van der Waals surface area (Å²) >= 11 is 0. The molecule has 1 amide bonds. The van der Waals surface area contributed by atoms with Crippen molar-refractivity contribution < 1.29 is 14.3 Å². The fourth-order valence-electron chi connectivity index (χ4n) is 3.82. The molecule has 0 aliphatic carbocycles. The van der Waals surface area contributed by atoms with Crippen molar-refractivity contribution in [2.45, 2.75) is 20.0 Å². The lowest BCUT2D eigenvalue weighted by atomic mass is 10.0. The Kier molecular flexibility index (Phi) is 6.50. The summed E-state index contributed by atoms with van der Waals surface area (Å²) in [6.45, 7) is 4.90. The van der Waals surface area contributed by atoms with E-state index >= 15 is 0 Å². The lowest BCUT2D eigenvalue weighted by molar-refractivity contribution is -0.0245. The van der Waals surface area contributed by atoms with Crippen LogP contribution in [0.2, 0.25) is 0 Å². The molecule has 0 bridgehead atoms. The fraction of sp³-hybridized carbons (Fsp3) is 0.375. The van der Waals surface area contributed by atoms with E-state index in [1.165, 1.54) is 0 Å². The fourth-order valence-corrected chi connectivity index (χ4v) is 3.82. The quantitative estimate of drug-likeness (QED) is 0.588. The van der Waals surface area contributed by atoms with Crippen LogP contribution in [0.25, 0.3) is 11.1 Å². The van der Waals surface area contributed by atoms with Gasteiger partial charge in [-0.1, -0.05) is 12.1 Å². The first-order chi connectivity index (χ1) is 15.9. The molecule has 4 rings (SSSR count). The van der Waals surface area contributed by atoms with E-state index in [1.54, 1.807) is 24.4 Å². The molecule has 3 heterocycles. The predicted octanol–water partition coefficient (Wildman–Crippen LogP) is 2.84. The molecule has 1 aliphatic heterocycles. The second kappa shape index (κ2) is 9.50. The Bertz CT molecular complexity index is 1170. The van der Waals surface area contributed by atoms with E-state index < -0.39 is 6.10 Å². The molecular weight excluding hydrogens is 420 g/mol. The molecule has 1 aliphatic rings. The van der Waals surface area contributed by atoms with Gasteiger partial charge in [-0.15, -0.1) is 0 Å².